The molecule has 0 bridgehead atoms. The molecule has 0 aromatic carbocycles. The first-order valence-corrected chi connectivity index (χ1v) is 4.83. The molecule has 3 heteroatoms. The number of nitrogens with one attached hydrogen (secondary N) is 2. The van der Waals surface area contributed by atoms with Gasteiger partial charge in [0.05, 0.1) is 0 Å². The minimum absolute atomic E-state index is 0.164. The van der Waals surface area contributed by atoms with Crippen LogP contribution in [-0.4, -0.2) is 25.0 Å². The van der Waals surface area contributed by atoms with Gasteiger partial charge in [-0.1, -0.05) is 12.2 Å². The highest BCUT2D eigenvalue weighted by molar-refractivity contribution is 5.76. The Morgan fingerprint density at radius 3 is 3.23 bits per heavy atom. The first kappa shape index (κ1) is 10.3. The molecule has 0 aromatic rings. The van der Waals surface area contributed by atoms with E-state index in [0.29, 0.717) is 12.5 Å². The maximum Gasteiger partial charge on any atom is 0.221 e. The molecule has 1 heterocycles. The summed E-state index contributed by atoms with van der Waals surface area (Å²) < 4.78 is 0. The first-order valence-electron chi connectivity index (χ1n) is 4.83. The molecule has 0 saturated carbocycles. The van der Waals surface area contributed by atoms with Crippen molar-refractivity contribution in [2.75, 3.05) is 13.1 Å². The summed E-state index contributed by atoms with van der Waals surface area (Å²) in [5.74, 6) is 0.164. The van der Waals surface area contributed by atoms with E-state index in [0.717, 1.165) is 31.5 Å². The van der Waals surface area contributed by atoms with E-state index in [1.807, 2.05) is 6.92 Å². The minimum Gasteiger partial charge on any atom is -0.356 e. The zero-order valence-electron chi connectivity index (χ0n) is 8.23. The summed E-state index contributed by atoms with van der Waals surface area (Å²) in [6.07, 6.45) is 2.75. The molecule has 1 saturated heterocycles. The van der Waals surface area contributed by atoms with Crippen LogP contribution in [0, 0.1) is 0 Å². The van der Waals surface area contributed by atoms with Crippen molar-refractivity contribution in [3.05, 3.63) is 12.2 Å². The summed E-state index contributed by atoms with van der Waals surface area (Å²) >= 11 is 0. The largest absolute Gasteiger partial charge is 0.356 e. The SMILES string of the molecule is C=C(C)CNC1CCCNC(=O)C1. The third-order valence-corrected chi connectivity index (χ3v) is 2.18. The molecule has 3 nitrogen and oxygen atoms in total. The monoisotopic (exact) mass is 182 g/mol. The van der Waals surface area contributed by atoms with Crippen molar-refractivity contribution in [2.45, 2.75) is 32.2 Å². The lowest BCUT2D eigenvalue weighted by atomic mass is 10.1. The zero-order valence-corrected chi connectivity index (χ0v) is 8.23. The minimum atomic E-state index is 0.164. The molecule has 0 radical (unpaired) electrons. The summed E-state index contributed by atoms with van der Waals surface area (Å²) in [7, 11) is 0. The van der Waals surface area contributed by atoms with Crippen molar-refractivity contribution in [3.8, 4) is 0 Å². The van der Waals surface area contributed by atoms with Gasteiger partial charge in [0.25, 0.3) is 0 Å². The quantitative estimate of drug-likeness (QED) is 0.634. The molecule has 1 fully saturated rings. The van der Waals surface area contributed by atoms with Gasteiger partial charge in [-0.15, -0.1) is 0 Å². The second-order valence-electron chi connectivity index (χ2n) is 3.73. The molecule has 74 valence electrons. The van der Waals surface area contributed by atoms with Crippen LogP contribution in [0.25, 0.3) is 0 Å². The fourth-order valence-corrected chi connectivity index (χ4v) is 1.47. The first-order chi connectivity index (χ1) is 6.18. The number of carbonyl (C=O) groups is 1. The molecule has 1 aliphatic rings. The molecule has 1 aliphatic heterocycles. The van der Waals surface area contributed by atoms with E-state index in [9.17, 15) is 4.79 Å². The molecule has 1 rings (SSSR count). The van der Waals surface area contributed by atoms with E-state index >= 15 is 0 Å². The Morgan fingerprint density at radius 2 is 2.54 bits per heavy atom. The van der Waals surface area contributed by atoms with Gasteiger partial charge in [-0.05, 0) is 19.8 Å². The molecule has 1 amide bonds. The van der Waals surface area contributed by atoms with Gasteiger partial charge in [-0.25, -0.2) is 0 Å². The highest BCUT2D eigenvalue weighted by Crippen LogP contribution is 2.05. The van der Waals surface area contributed by atoms with Crippen molar-refractivity contribution < 1.29 is 4.79 Å². The van der Waals surface area contributed by atoms with E-state index in [1.165, 1.54) is 0 Å². The highest BCUT2D eigenvalue weighted by Gasteiger charge is 2.15. The maximum atomic E-state index is 11.2. The molecule has 1 unspecified atom stereocenters. The lowest BCUT2D eigenvalue weighted by Gasteiger charge is -2.14. The molecular formula is C10H18N2O. The van der Waals surface area contributed by atoms with Gasteiger partial charge in [0.2, 0.25) is 5.91 Å². The second-order valence-corrected chi connectivity index (χ2v) is 3.73. The van der Waals surface area contributed by atoms with Crippen LogP contribution >= 0.6 is 0 Å². The van der Waals surface area contributed by atoms with E-state index in [2.05, 4.69) is 17.2 Å². The van der Waals surface area contributed by atoms with Crippen LogP contribution in [0.4, 0.5) is 0 Å². The smallest absolute Gasteiger partial charge is 0.221 e. The molecule has 0 aliphatic carbocycles. The lowest BCUT2D eigenvalue weighted by Crippen LogP contribution is -2.33. The third kappa shape index (κ3) is 4.08. The van der Waals surface area contributed by atoms with Crippen molar-refractivity contribution in [1.29, 1.82) is 0 Å². The van der Waals surface area contributed by atoms with Crippen molar-refractivity contribution in [2.24, 2.45) is 0 Å². The zero-order chi connectivity index (χ0) is 9.68. The normalized spacial score (nSPS) is 23.5. The summed E-state index contributed by atoms with van der Waals surface area (Å²) in [5, 5.41) is 6.19. The Labute approximate surface area is 79.6 Å². The molecule has 13 heavy (non-hydrogen) atoms. The van der Waals surface area contributed by atoms with E-state index in [1.54, 1.807) is 0 Å². The van der Waals surface area contributed by atoms with Crippen LogP contribution in [0.3, 0.4) is 0 Å². The van der Waals surface area contributed by atoms with Crippen LogP contribution in [0.5, 0.6) is 0 Å². The fraction of sp³-hybridized carbons (Fsp3) is 0.700. The second kappa shape index (κ2) is 5.02. The van der Waals surface area contributed by atoms with Crippen molar-refractivity contribution in [1.82, 2.24) is 10.6 Å². The average molecular weight is 182 g/mol. The molecule has 1 atom stereocenters. The highest BCUT2D eigenvalue weighted by atomic mass is 16.1. The lowest BCUT2D eigenvalue weighted by molar-refractivity contribution is -0.121. The Hall–Kier alpha value is -0.830. The van der Waals surface area contributed by atoms with Gasteiger partial charge in [0.1, 0.15) is 0 Å². The Bertz CT molecular complexity index is 201. The topological polar surface area (TPSA) is 41.1 Å². The fourth-order valence-electron chi connectivity index (χ4n) is 1.47. The van der Waals surface area contributed by atoms with Crippen LogP contribution in [-0.2, 0) is 4.79 Å². The average Bonchev–Trinajstić information content (AvgIpc) is 2.26. The Morgan fingerprint density at radius 1 is 1.77 bits per heavy atom. The molecule has 2 N–H and O–H groups in total. The van der Waals surface area contributed by atoms with Gasteiger partial charge in [-0.3, -0.25) is 4.79 Å². The van der Waals surface area contributed by atoms with Gasteiger partial charge in [0, 0.05) is 25.6 Å². The Balaban J connectivity index is 2.30. The molecule has 0 aromatic heterocycles. The van der Waals surface area contributed by atoms with E-state index in [4.69, 9.17) is 0 Å². The maximum absolute atomic E-state index is 11.2. The van der Waals surface area contributed by atoms with Crippen LogP contribution in [0.15, 0.2) is 12.2 Å². The van der Waals surface area contributed by atoms with Crippen LogP contribution in [0.2, 0.25) is 0 Å². The van der Waals surface area contributed by atoms with Gasteiger partial charge < -0.3 is 10.6 Å². The predicted octanol–water partition coefficient (Wildman–Crippen LogP) is 0.821. The van der Waals surface area contributed by atoms with Crippen LogP contribution < -0.4 is 10.6 Å². The predicted molar refractivity (Wildman–Crippen MR) is 53.5 cm³/mol. The summed E-state index contributed by atoms with van der Waals surface area (Å²) in [6, 6.07) is 0.333. The van der Waals surface area contributed by atoms with Crippen LogP contribution in [0.1, 0.15) is 26.2 Å². The van der Waals surface area contributed by atoms with Gasteiger partial charge in [0.15, 0.2) is 0 Å². The summed E-state index contributed by atoms with van der Waals surface area (Å²) in [5.41, 5.74) is 1.12. The number of carbonyl (C=O) groups excluding carboxylic acids is 1. The number of rotatable bonds is 3. The Kier molecular flexibility index (Phi) is 3.96. The van der Waals surface area contributed by atoms with E-state index < -0.39 is 0 Å². The van der Waals surface area contributed by atoms with Crippen molar-refractivity contribution >= 4 is 5.91 Å². The standard InChI is InChI=1S/C10H18N2O/c1-8(2)7-12-9-4-3-5-11-10(13)6-9/h9,12H,1,3-7H2,2H3,(H,11,13). The summed E-state index contributed by atoms with van der Waals surface area (Å²) in [6.45, 7) is 7.45. The third-order valence-electron chi connectivity index (χ3n) is 2.18. The number of hydrogen-bond donors (Lipinski definition) is 2. The molecule has 0 spiro atoms. The van der Waals surface area contributed by atoms with Crippen molar-refractivity contribution in [3.63, 3.8) is 0 Å². The molecular weight excluding hydrogens is 164 g/mol. The number of hydrogen-bond acceptors (Lipinski definition) is 2. The van der Waals surface area contributed by atoms with E-state index in [-0.39, 0.29) is 5.91 Å². The number of amides is 1. The summed E-state index contributed by atoms with van der Waals surface area (Å²) in [4.78, 5) is 11.2. The van der Waals surface area contributed by atoms with Gasteiger partial charge in [-0.2, -0.15) is 0 Å². The van der Waals surface area contributed by atoms with Gasteiger partial charge >= 0.3 is 0 Å².